The lowest BCUT2D eigenvalue weighted by atomic mass is 10.0. The van der Waals surface area contributed by atoms with Gasteiger partial charge in [-0.1, -0.05) is 426 Å². The number of aliphatic hydroxyl groups excluding tert-OH is 1. The van der Waals surface area contributed by atoms with Crippen LogP contribution < -0.4 is 0 Å². The zero-order chi connectivity index (χ0) is 77.4. The number of hydrogen-bond donors (Lipinski definition) is 3. The van der Waals surface area contributed by atoms with Crippen molar-refractivity contribution >= 4 is 39.5 Å². The first-order chi connectivity index (χ1) is 51.7. The highest BCUT2D eigenvalue weighted by Crippen LogP contribution is 2.45. The molecule has 0 amide bonds. The Balaban J connectivity index is 5.19. The van der Waals surface area contributed by atoms with Crippen LogP contribution in [-0.2, 0) is 65.4 Å². The van der Waals surface area contributed by atoms with Gasteiger partial charge in [-0.3, -0.25) is 37.3 Å². The Hall–Kier alpha value is -1.94. The number of esters is 4. The van der Waals surface area contributed by atoms with E-state index in [1.807, 2.05) is 0 Å². The average molecular weight is 1550 g/mol. The molecule has 3 N–H and O–H groups in total. The summed E-state index contributed by atoms with van der Waals surface area (Å²) in [5.41, 5.74) is 0. The van der Waals surface area contributed by atoms with Gasteiger partial charge in [-0.25, -0.2) is 9.13 Å². The van der Waals surface area contributed by atoms with Gasteiger partial charge < -0.3 is 33.8 Å². The number of phosphoric ester groups is 2. The van der Waals surface area contributed by atoms with E-state index in [0.29, 0.717) is 25.7 Å². The smallest absolute Gasteiger partial charge is 0.462 e. The van der Waals surface area contributed by atoms with Crippen molar-refractivity contribution < 1.29 is 80.2 Å². The molecule has 5 atom stereocenters. The molecule has 0 saturated heterocycles. The fourth-order valence-corrected chi connectivity index (χ4v) is 15.3. The van der Waals surface area contributed by atoms with Gasteiger partial charge in [-0.15, -0.1) is 0 Å². The summed E-state index contributed by atoms with van der Waals surface area (Å²) in [5.74, 6) is -2.10. The van der Waals surface area contributed by atoms with Gasteiger partial charge in [-0.2, -0.15) is 0 Å². The molecule has 0 radical (unpaired) electrons. The number of unbranched alkanes of at least 4 members (excludes halogenated alkanes) is 62. The molecule has 0 aromatic heterocycles. The highest BCUT2D eigenvalue weighted by molar-refractivity contribution is 7.47. The van der Waals surface area contributed by atoms with Gasteiger partial charge in [-0.05, 0) is 25.7 Å². The minimum atomic E-state index is -4.97. The number of carbonyl (C=O) groups is 4. The largest absolute Gasteiger partial charge is 0.472 e. The quantitative estimate of drug-likeness (QED) is 0.0222. The second-order valence-electron chi connectivity index (χ2n) is 31.3. The van der Waals surface area contributed by atoms with Crippen molar-refractivity contribution in [3.8, 4) is 0 Å². The van der Waals surface area contributed by atoms with Gasteiger partial charge in [0, 0.05) is 25.7 Å². The van der Waals surface area contributed by atoms with E-state index in [0.717, 1.165) is 89.9 Å². The first-order valence-electron chi connectivity index (χ1n) is 45.3. The van der Waals surface area contributed by atoms with Crippen molar-refractivity contribution in [2.75, 3.05) is 39.6 Å². The van der Waals surface area contributed by atoms with Crippen LogP contribution in [0.2, 0.25) is 0 Å². The molecule has 0 aliphatic rings. The molecule has 0 aliphatic heterocycles. The van der Waals surface area contributed by atoms with Gasteiger partial charge in [0.1, 0.15) is 19.3 Å². The number of ether oxygens (including phenoxy) is 4. The number of hydrogen-bond acceptors (Lipinski definition) is 15. The summed E-state index contributed by atoms with van der Waals surface area (Å²) in [6, 6.07) is 0. The molecule has 0 aromatic rings. The van der Waals surface area contributed by atoms with Crippen LogP contribution in [0.25, 0.3) is 0 Å². The third-order valence-corrected chi connectivity index (χ3v) is 22.5. The van der Waals surface area contributed by atoms with Gasteiger partial charge in [0.15, 0.2) is 12.2 Å². The Labute approximate surface area is 651 Å². The highest BCUT2D eigenvalue weighted by Gasteiger charge is 2.30. The molecular formula is C87H170O17P2. The van der Waals surface area contributed by atoms with E-state index >= 15 is 0 Å². The zero-order valence-corrected chi connectivity index (χ0v) is 71.2. The SMILES string of the molecule is CCCCCCCCCCCCCCCCCCCCCCCC(=O)OC[C@H](COP(=O)(O)OC[C@@H](O)COP(=O)(O)OC[C@@H](COC(=O)CCCCCCCCCCC)OC(=O)CCCCCCCCCCCCCCCCC)OC(=O)CCCCCCCCCCCCCCCCCCCCCCC. The zero-order valence-electron chi connectivity index (χ0n) is 69.4. The lowest BCUT2D eigenvalue weighted by Gasteiger charge is -2.21. The van der Waals surface area contributed by atoms with Gasteiger partial charge in [0.05, 0.1) is 26.4 Å². The van der Waals surface area contributed by atoms with E-state index in [9.17, 15) is 43.2 Å². The minimum Gasteiger partial charge on any atom is -0.462 e. The van der Waals surface area contributed by atoms with E-state index in [-0.39, 0.29) is 25.7 Å². The summed E-state index contributed by atoms with van der Waals surface area (Å²) in [7, 11) is -9.92. The predicted molar refractivity (Wildman–Crippen MR) is 437 cm³/mol. The molecule has 2 unspecified atom stereocenters. The lowest BCUT2D eigenvalue weighted by molar-refractivity contribution is -0.161. The molecule has 0 spiro atoms. The van der Waals surface area contributed by atoms with Crippen molar-refractivity contribution in [3.63, 3.8) is 0 Å². The van der Waals surface area contributed by atoms with Crippen LogP contribution in [0.5, 0.6) is 0 Å². The van der Waals surface area contributed by atoms with E-state index < -0.39 is 97.5 Å². The Kier molecular flexibility index (Phi) is 79.6. The number of aliphatic hydroxyl groups is 1. The molecule has 0 saturated carbocycles. The number of rotatable bonds is 88. The molecule has 0 aliphatic carbocycles. The fraction of sp³-hybridized carbons (Fsp3) is 0.954. The summed E-state index contributed by atoms with van der Waals surface area (Å²) >= 11 is 0. The maximum absolute atomic E-state index is 13.2. The summed E-state index contributed by atoms with van der Waals surface area (Å²) in [6.45, 7) is 5.04. The Morgan fingerprint density at radius 2 is 0.377 bits per heavy atom. The summed E-state index contributed by atoms with van der Waals surface area (Å²) < 4.78 is 68.9. The monoisotopic (exact) mass is 1550 g/mol. The molecule has 0 rings (SSSR count). The maximum Gasteiger partial charge on any atom is 0.472 e. The van der Waals surface area contributed by atoms with E-state index in [2.05, 4.69) is 27.7 Å². The minimum absolute atomic E-state index is 0.109. The summed E-state index contributed by atoms with van der Waals surface area (Å²) in [6.07, 6.45) is 76.5. The molecule has 0 bridgehead atoms. The second-order valence-corrected chi connectivity index (χ2v) is 34.2. The fourth-order valence-electron chi connectivity index (χ4n) is 13.7. The van der Waals surface area contributed by atoms with Crippen LogP contribution in [0.1, 0.15) is 477 Å². The third-order valence-electron chi connectivity index (χ3n) is 20.6. The van der Waals surface area contributed by atoms with Crippen molar-refractivity contribution in [3.05, 3.63) is 0 Å². The standard InChI is InChI=1S/C87H170O17P2/c1-5-9-13-17-21-25-28-31-34-36-38-40-42-44-47-49-52-56-60-64-68-72-85(90)98-78-83(104-87(92)74-70-66-62-58-54-51-48-45-43-41-39-37-35-32-29-26-22-18-14-10-6-2)80-102-106(95,96)100-76-81(88)75-99-105(93,94)101-79-82(77-97-84(89)71-67-63-59-55-24-20-16-12-8-4)103-86(91)73-69-65-61-57-53-50-46-33-30-27-23-19-15-11-7-3/h81-83,88H,5-80H2,1-4H3,(H,93,94)(H,95,96)/t81-,82+,83+/m0/s1. The lowest BCUT2D eigenvalue weighted by Crippen LogP contribution is -2.30. The van der Waals surface area contributed by atoms with Crippen LogP contribution >= 0.6 is 15.6 Å². The first-order valence-corrected chi connectivity index (χ1v) is 48.3. The normalized spacial score (nSPS) is 13.7. The van der Waals surface area contributed by atoms with E-state index in [1.54, 1.807) is 0 Å². The topological polar surface area (TPSA) is 237 Å². The van der Waals surface area contributed by atoms with E-state index in [1.165, 1.54) is 308 Å². The van der Waals surface area contributed by atoms with Gasteiger partial charge >= 0.3 is 39.5 Å². The highest BCUT2D eigenvalue weighted by atomic mass is 31.2. The number of carbonyl (C=O) groups excluding carboxylic acids is 4. The second kappa shape index (κ2) is 81.1. The van der Waals surface area contributed by atoms with Gasteiger partial charge in [0.25, 0.3) is 0 Å². The molecule has 0 fully saturated rings. The molecule has 0 heterocycles. The number of phosphoric acid groups is 2. The molecule has 106 heavy (non-hydrogen) atoms. The van der Waals surface area contributed by atoms with E-state index in [4.69, 9.17) is 37.0 Å². The molecule has 0 aromatic carbocycles. The molecule has 630 valence electrons. The maximum atomic E-state index is 13.2. The molecular weight excluding hydrogens is 1380 g/mol. The molecule has 17 nitrogen and oxygen atoms in total. The third kappa shape index (κ3) is 80.1. The van der Waals surface area contributed by atoms with Crippen LogP contribution in [0.15, 0.2) is 0 Å². The van der Waals surface area contributed by atoms with Crippen LogP contribution in [0.4, 0.5) is 0 Å². The van der Waals surface area contributed by atoms with Crippen molar-refractivity contribution in [1.82, 2.24) is 0 Å². The van der Waals surface area contributed by atoms with Crippen LogP contribution in [0, 0.1) is 0 Å². The van der Waals surface area contributed by atoms with Crippen LogP contribution in [0.3, 0.4) is 0 Å². The van der Waals surface area contributed by atoms with Crippen molar-refractivity contribution in [2.24, 2.45) is 0 Å². The molecule has 19 heteroatoms. The average Bonchev–Trinajstić information content (AvgIpc) is 1.06. The Morgan fingerprint density at radius 1 is 0.226 bits per heavy atom. The first kappa shape index (κ1) is 104. The summed E-state index contributed by atoms with van der Waals surface area (Å²) in [5, 5.41) is 10.7. The Morgan fingerprint density at radius 3 is 0.557 bits per heavy atom. The van der Waals surface area contributed by atoms with Crippen molar-refractivity contribution in [1.29, 1.82) is 0 Å². The Bertz CT molecular complexity index is 2000. The van der Waals surface area contributed by atoms with Crippen LogP contribution in [-0.4, -0.2) is 96.7 Å². The predicted octanol–water partition coefficient (Wildman–Crippen LogP) is 26.9. The summed E-state index contributed by atoms with van der Waals surface area (Å²) in [4.78, 5) is 73.2. The van der Waals surface area contributed by atoms with Crippen molar-refractivity contribution in [2.45, 2.75) is 495 Å². The van der Waals surface area contributed by atoms with Gasteiger partial charge in [0.2, 0.25) is 0 Å².